The first-order valence-electron chi connectivity index (χ1n) is 5.96. The maximum absolute atomic E-state index is 5.46. The Hall–Kier alpha value is -1.14. The molecule has 1 fully saturated rings. The number of hydrogen-bond donors (Lipinski definition) is 1. The van der Waals surface area contributed by atoms with E-state index in [2.05, 4.69) is 15.4 Å². The summed E-state index contributed by atoms with van der Waals surface area (Å²) in [6, 6.07) is 0. The van der Waals surface area contributed by atoms with E-state index in [0.29, 0.717) is 5.92 Å². The zero-order valence-electron chi connectivity index (χ0n) is 9.85. The molecule has 0 aliphatic carbocycles. The minimum absolute atomic E-state index is 0.613. The van der Waals surface area contributed by atoms with Crippen LogP contribution in [0.1, 0.15) is 18.5 Å². The van der Waals surface area contributed by atoms with Crippen LogP contribution in [0.2, 0.25) is 0 Å². The maximum Gasteiger partial charge on any atom is 0.214 e. The normalized spacial score (nSPS) is 20.9. The van der Waals surface area contributed by atoms with Crippen molar-refractivity contribution in [1.29, 1.82) is 0 Å². The second-order valence-corrected chi connectivity index (χ2v) is 5.44. The monoisotopic (exact) mass is 252 g/mol. The van der Waals surface area contributed by atoms with Gasteiger partial charge in [-0.2, -0.15) is 0 Å². The van der Waals surface area contributed by atoms with Crippen molar-refractivity contribution in [1.82, 2.24) is 14.6 Å². The fourth-order valence-electron chi connectivity index (χ4n) is 2.08. The van der Waals surface area contributed by atoms with Gasteiger partial charge in [-0.05, 0) is 25.7 Å². The average Bonchev–Trinajstić information content (AvgIpc) is 2.84. The molecule has 2 aromatic heterocycles. The highest BCUT2D eigenvalue weighted by molar-refractivity contribution is 7.20. The molecule has 0 bridgehead atoms. The molecule has 1 N–H and O–H groups in total. The first kappa shape index (κ1) is 11.0. The van der Waals surface area contributed by atoms with E-state index in [1.807, 2.05) is 17.6 Å². The quantitative estimate of drug-likeness (QED) is 0.907. The highest BCUT2D eigenvalue weighted by Gasteiger charge is 2.14. The predicted molar refractivity (Wildman–Crippen MR) is 67.6 cm³/mol. The first-order valence-corrected chi connectivity index (χ1v) is 6.77. The second kappa shape index (κ2) is 4.62. The van der Waals surface area contributed by atoms with Crippen LogP contribution >= 0.6 is 11.3 Å². The fraction of sp³-hybridized carbons (Fsp3) is 0.636. The van der Waals surface area contributed by atoms with Gasteiger partial charge >= 0.3 is 0 Å². The predicted octanol–water partition coefficient (Wildman–Crippen LogP) is 1.94. The number of nitrogens with zero attached hydrogens (tertiary/aromatic N) is 3. The molecule has 6 heteroatoms. The first-order chi connectivity index (χ1) is 8.31. The van der Waals surface area contributed by atoms with Crippen molar-refractivity contribution in [3.05, 3.63) is 11.9 Å². The molecule has 0 aromatic carbocycles. The third kappa shape index (κ3) is 2.42. The lowest BCUT2D eigenvalue weighted by molar-refractivity contribution is 0.0595. The SMILES string of the molecule is Cc1cn2nc(NC[C@@H]3CCCOC3)sc2n1. The topological polar surface area (TPSA) is 51.5 Å². The van der Waals surface area contributed by atoms with Crippen LogP contribution in [0.15, 0.2) is 6.20 Å². The number of anilines is 1. The summed E-state index contributed by atoms with van der Waals surface area (Å²) in [6.07, 6.45) is 4.36. The number of hydrogen-bond acceptors (Lipinski definition) is 5. The van der Waals surface area contributed by atoms with Gasteiger partial charge in [-0.3, -0.25) is 0 Å². The molecular weight excluding hydrogens is 236 g/mol. The van der Waals surface area contributed by atoms with Crippen molar-refractivity contribution in [2.24, 2.45) is 5.92 Å². The van der Waals surface area contributed by atoms with Gasteiger partial charge in [-0.1, -0.05) is 11.3 Å². The molecule has 0 unspecified atom stereocenters. The van der Waals surface area contributed by atoms with E-state index in [4.69, 9.17) is 4.74 Å². The van der Waals surface area contributed by atoms with Gasteiger partial charge < -0.3 is 10.1 Å². The molecular formula is C11H16N4OS. The summed E-state index contributed by atoms with van der Waals surface area (Å²) in [5.41, 5.74) is 1.01. The maximum atomic E-state index is 5.46. The lowest BCUT2D eigenvalue weighted by Crippen LogP contribution is -2.24. The third-order valence-electron chi connectivity index (χ3n) is 2.96. The van der Waals surface area contributed by atoms with Crippen LogP contribution in [0, 0.1) is 12.8 Å². The van der Waals surface area contributed by atoms with Gasteiger partial charge in [0.1, 0.15) is 0 Å². The number of rotatable bonds is 3. The van der Waals surface area contributed by atoms with Crippen LogP contribution in [0.5, 0.6) is 0 Å². The Kier molecular flexibility index (Phi) is 2.98. The van der Waals surface area contributed by atoms with Crippen LogP contribution in [0.25, 0.3) is 4.96 Å². The molecule has 1 saturated heterocycles. The zero-order chi connectivity index (χ0) is 11.7. The Balaban J connectivity index is 1.62. The van der Waals surface area contributed by atoms with Gasteiger partial charge in [0.05, 0.1) is 18.5 Å². The summed E-state index contributed by atoms with van der Waals surface area (Å²) >= 11 is 1.60. The van der Waals surface area contributed by atoms with Crippen molar-refractivity contribution < 1.29 is 4.74 Å². The van der Waals surface area contributed by atoms with Gasteiger partial charge in [0.25, 0.3) is 0 Å². The third-order valence-corrected chi connectivity index (χ3v) is 3.84. The van der Waals surface area contributed by atoms with Gasteiger partial charge in [0.15, 0.2) is 0 Å². The van der Waals surface area contributed by atoms with Gasteiger partial charge in [-0.15, -0.1) is 5.10 Å². The second-order valence-electron chi connectivity index (χ2n) is 4.48. The molecule has 2 aromatic rings. The summed E-state index contributed by atoms with van der Waals surface area (Å²) < 4.78 is 7.29. The van der Waals surface area contributed by atoms with Gasteiger partial charge in [-0.25, -0.2) is 9.50 Å². The summed E-state index contributed by atoms with van der Waals surface area (Å²) in [7, 11) is 0. The van der Waals surface area contributed by atoms with Gasteiger partial charge in [0.2, 0.25) is 10.1 Å². The molecule has 0 saturated carbocycles. The van der Waals surface area contributed by atoms with Crippen molar-refractivity contribution in [3.8, 4) is 0 Å². The molecule has 0 amide bonds. The molecule has 92 valence electrons. The van der Waals surface area contributed by atoms with Gasteiger partial charge in [0, 0.05) is 13.2 Å². The number of nitrogens with one attached hydrogen (secondary N) is 1. The lowest BCUT2D eigenvalue weighted by atomic mass is 10.0. The van der Waals surface area contributed by atoms with Crippen molar-refractivity contribution in [3.63, 3.8) is 0 Å². The summed E-state index contributed by atoms with van der Waals surface area (Å²) in [4.78, 5) is 5.33. The number of aryl methyl sites for hydroxylation is 1. The Morgan fingerprint density at radius 3 is 3.35 bits per heavy atom. The number of fused-ring (bicyclic) bond motifs is 1. The summed E-state index contributed by atoms with van der Waals surface area (Å²) in [5.74, 6) is 0.613. The van der Waals surface area contributed by atoms with E-state index in [1.54, 1.807) is 11.3 Å². The Morgan fingerprint density at radius 2 is 2.59 bits per heavy atom. The Labute approximate surface area is 104 Å². The molecule has 17 heavy (non-hydrogen) atoms. The molecule has 3 rings (SSSR count). The molecule has 5 nitrogen and oxygen atoms in total. The van der Waals surface area contributed by atoms with E-state index in [1.165, 1.54) is 12.8 Å². The molecule has 1 atom stereocenters. The number of imidazole rings is 1. The largest absolute Gasteiger partial charge is 0.381 e. The molecule has 1 aliphatic heterocycles. The molecule has 1 aliphatic rings. The molecule has 3 heterocycles. The smallest absolute Gasteiger partial charge is 0.214 e. The zero-order valence-corrected chi connectivity index (χ0v) is 10.7. The summed E-state index contributed by atoms with van der Waals surface area (Å²) in [6.45, 7) is 4.71. The van der Waals surface area contributed by atoms with Crippen LogP contribution < -0.4 is 5.32 Å². The highest BCUT2D eigenvalue weighted by atomic mass is 32.1. The lowest BCUT2D eigenvalue weighted by Gasteiger charge is -2.21. The highest BCUT2D eigenvalue weighted by Crippen LogP contribution is 2.20. The van der Waals surface area contributed by atoms with Crippen LogP contribution in [0.3, 0.4) is 0 Å². The van der Waals surface area contributed by atoms with Crippen molar-refractivity contribution in [2.45, 2.75) is 19.8 Å². The minimum Gasteiger partial charge on any atom is -0.381 e. The van der Waals surface area contributed by atoms with E-state index >= 15 is 0 Å². The fourth-order valence-corrected chi connectivity index (χ4v) is 2.91. The van der Waals surface area contributed by atoms with Crippen LogP contribution in [0.4, 0.5) is 5.13 Å². The van der Waals surface area contributed by atoms with Crippen molar-refractivity contribution >= 4 is 21.4 Å². The Bertz CT molecular complexity index is 469. The van der Waals surface area contributed by atoms with Crippen LogP contribution in [-0.4, -0.2) is 34.4 Å². The average molecular weight is 252 g/mol. The van der Waals surface area contributed by atoms with Crippen LogP contribution in [-0.2, 0) is 4.74 Å². The number of ether oxygens (including phenoxy) is 1. The molecule has 0 radical (unpaired) electrons. The van der Waals surface area contributed by atoms with E-state index < -0.39 is 0 Å². The van der Waals surface area contributed by atoms with E-state index in [9.17, 15) is 0 Å². The summed E-state index contributed by atoms with van der Waals surface area (Å²) in [5, 5.41) is 8.76. The van der Waals surface area contributed by atoms with E-state index in [0.717, 1.165) is 35.5 Å². The minimum atomic E-state index is 0.613. The number of aromatic nitrogens is 3. The van der Waals surface area contributed by atoms with Crippen molar-refractivity contribution in [2.75, 3.05) is 25.1 Å². The molecule has 0 spiro atoms. The Morgan fingerprint density at radius 1 is 1.65 bits per heavy atom. The van der Waals surface area contributed by atoms with E-state index in [-0.39, 0.29) is 0 Å². The standard InChI is InChI=1S/C11H16N4OS/c1-8-6-15-11(13-8)17-10(14-15)12-5-9-3-2-4-16-7-9/h6,9H,2-5,7H2,1H3,(H,12,14)/t9-/m0/s1.